The third-order valence-corrected chi connectivity index (χ3v) is 2.18. The minimum Gasteiger partial charge on any atom is -0.465 e. The number of ether oxygens (including phenoxy) is 1. The van der Waals surface area contributed by atoms with Crippen LogP contribution in [0.4, 0.5) is 0 Å². The molecule has 0 aromatic rings. The summed E-state index contributed by atoms with van der Waals surface area (Å²) in [6.07, 6.45) is 6.43. The van der Waals surface area contributed by atoms with Crippen molar-refractivity contribution in [2.45, 2.75) is 45.4 Å². The first-order chi connectivity index (χ1) is 5.84. The van der Waals surface area contributed by atoms with Crippen LogP contribution in [0, 0.1) is 5.92 Å². The fraction of sp³-hybridized carbons (Fsp3) is 0.800. The monoisotopic (exact) mass is 169 g/mol. The first-order valence-electron chi connectivity index (χ1n) is 4.86. The van der Waals surface area contributed by atoms with Crippen LogP contribution < -0.4 is 0 Å². The molecule has 0 unspecified atom stereocenters. The van der Waals surface area contributed by atoms with Crippen molar-refractivity contribution in [3.63, 3.8) is 0 Å². The minimum atomic E-state index is -0.0449. The molecule has 0 N–H and O–H groups in total. The number of hydrogen-bond donors (Lipinski definition) is 0. The highest BCUT2D eigenvalue weighted by Gasteiger charge is 2.22. The lowest BCUT2D eigenvalue weighted by atomic mass is 9.89. The van der Waals surface area contributed by atoms with Crippen molar-refractivity contribution in [3.8, 4) is 0 Å². The fourth-order valence-electron chi connectivity index (χ4n) is 1.48. The molecule has 0 saturated heterocycles. The summed E-state index contributed by atoms with van der Waals surface area (Å²) in [5.41, 5.74) is 0. The summed E-state index contributed by atoms with van der Waals surface area (Å²) in [4.78, 5) is 11.3. The van der Waals surface area contributed by atoms with Crippen molar-refractivity contribution < 1.29 is 9.53 Å². The molecule has 1 aliphatic carbocycles. The van der Waals surface area contributed by atoms with Crippen LogP contribution in [0.25, 0.3) is 0 Å². The molecule has 0 heterocycles. The summed E-state index contributed by atoms with van der Waals surface area (Å²) < 4.78 is 5.05. The molecular weight excluding hydrogens is 152 g/mol. The van der Waals surface area contributed by atoms with E-state index in [0.717, 1.165) is 38.0 Å². The van der Waals surface area contributed by atoms with Gasteiger partial charge in [0.05, 0.1) is 12.5 Å². The van der Waals surface area contributed by atoms with Crippen LogP contribution in [0.3, 0.4) is 0 Å². The zero-order chi connectivity index (χ0) is 8.81. The van der Waals surface area contributed by atoms with E-state index in [9.17, 15) is 4.79 Å². The van der Waals surface area contributed by atoms with Gasteiger partial charge in [-0.3, -0.25) is 4.79 Å². The number of esters is 1. The van der Waals surface area contributed by atoms with Crippen LogP contribution in [0.5, 0.6) is 0 Å². The van der Waals surface area contributed by atoms with Crippen LogP contribution in [0.2, 0.25) is 0 Å². The third-order valence-electron chi connectivity index (χ3n) is 2.18. The van der Waals surface area contributed by atoms with Crippen molar-refractivity contribution in [2.24, 2.45) is 0 Å². The Bertz CT molecular complexity index is 137. The Hall–Kier alpha value is -0.530. The molecule has 1 fully saturated rings. The van der Waals surface area contributed by atoms with Gasteiger partial charge < -0.3 is 4.74 Å². The molecule has 0 spiro atoms. The van der Waals surface area contributed by atoms with Crippen LogP contribution in [-0.2, 0) is 9.53 Å². The highest BCUT2D eigenvalue weighted by molar-refractivity contribution is 5.84. The second kappa shape index (κ2) is 5.18. The van der Waals surface area contributed by atoms with E-state index in [1.165, 1.54) is 6.42 Å². The molecule has 69 valence electrons. The number of rotatable bonds is 3. The maximum atomic E-state index is 11.3. The first kappa shape index (κ1) is 9.56. The molecule has 2 heteroatoms. The summed E-state index contributed by atoms with van der Waals surface area (Å²) in [5.74, 6) is 0.964. The lowest BCUT2D eigenvalue weighted by Gasteiger charge is -2.18. The van der Waals surface area contributed by atoms with Gasteiger partial charge in [-0.1, -0.05) is 26.2 Å². The van der Waals surface area contributed by atoms with Gasteiger partial charge in [-0.2, -0.15) is 0 Å². The quantitative estimate of drug-likeness (QED) is 0.607. The summed E-state index contributed by atoms with van der Waals surface area (Å²) in [5, 5.41) is 0. The molecule has 0 bridgehead atoms. The van der Waals surface area contributed by atoms with Crippen molar-refractivity contribution in [1.29, 1.82) is 0 Å². The van der Waals surface area contributed by atoms with Crippen molar-refractivity contribution >= 4 is 5.97 Å². The Balaban J connectivity index is 2.20. The van der Waals surface area contributed by atoms with E-state index in [4.69, 9.17) is 4.74 Å². The Kier molecular flexibility index (Phi) is 4.12. The Morgan fingerprint density at radius 1 is 1.33 bits per heavy atom. The van der Waals surface area contributed by atoms with Gasteiger partial charge >= 0.3 is 5.97 Å². The van der Waals surface area contributed by atoms with E-state index >= 15 is 0 Å². The van der Waals surface area contributed by atoms with E-state index in [1.807, 2.05) is 6.92 Å². The maximum Gasteiger partial charge on any atom is 0.313 e. The highest BCUT2D eigenvalue weighted by Crippen LogP contribution is 2.26. The lowest BCUT2D eigenvalue weighted by molar-refractivity contribution is -0.142. The van der Waals surface area contributed by atoms with Crippen LogP contribution in [0.15, 0.2) is 0 Å². The van der Waals surface area contributed by atoms with Gasteiger partial charge in [0, 0.05) is 0 Å². The number of carbonyl (C=O) groups excluding carboxylic acids is 1. The van der Waals surface area contributed by atoms with Crippen LogP contribution >= 0.6 is 0 Å². The van der Waals surface area contributed by atoms with Gasteiger partial charge in [-0.05, 0) is 19.3 Å². The van der Waals surface area contributed by atoms with Gasteiger partial charge in [0.25, 0.3) is 0 Å². The zero-order valence-electron chi connectivity index (χ0n) is 7.77. The highest BCUT2D eigenvalue weighted by atomic mass is 16.5. The molecule has 0 aliphatic heterocycles. The predicted octanol–water partition coefficient (Wildman–Crippen LogP) is 2.48. The van der Waals surface area contributed by atoms with Crippen LogP contribution in [0.1, 0.15) is 45.4 Å². The Labute approximate surface area is 74.3 Å². The second-order valence-electron chi connectivity index (χ2n) is 3.30. The third kappa shape index (κ3) is 2.84. The second-order valence-corrected chi connectivity index (χ2v) is 3.30. The molecule has 1 rings (SSSR count). The van der Waals surface area contributed by atoms with Gasteiger partial charge in [0.1, 0.15) is 0 Å². The SMILES string of the molecule is CCCOC(=O)[C]1CCCCC1. The van der Waals surface area contributed by atoms with Crippen molar-refractivity contribution in [2.75, 3.05) is 6.61 Å². The predicted molar refractivity (Wildman–Crippen MR) is 47.6 cm³/mol. The molecule has 1 saturated carbocycles. The summed E-state index contributed by atoms with van der Waals surface area (Å²) in [6, 6.07) is 0. The van der Waals surface area contributed by atoms with Gasteiger partial charge in [0.2, 0.25) is 0 Å². The molecule has 0 aromatic heterocycles. The lowest BCUT2D eigenvalue weighted by Crippen LogP contribution is -2.18. The molecule has 0 aromatic carbocycles. The summed E-state index contributed by atoms with van der Waals surface area (Å²) >= 11 is 0. The van der Waals surface area contributed by atoms with Gasteiger partial charge in [-0.15, -0.1) is 0 Å². The van der Waals surface area contributed by atoms with Gasteiger partial charge in [-0.25, -0.2) is 0 Å². The maximum absolute atomic E-state index is 11.3. The van der Waals surface area contributed by atoms with Crippen LogP contribution in [-0.4, -0.2) is 12.6 Å². The standard InChI is InChI=1S/C10H17O2/c1-2-8-12-10(11)9-6-4-3-5-7-9/h2-8H2,1H3. The summed E-state index contributed by atoms with van der Waals surface area (Å²) in [6.45, 7) is 2.58. The van der Waals surface area contributed by atoms with E-state index in [0.29, 0.717) is 6.61 Å². The van der Waals surface area contributed by atoms with Gasteiger partial charge in [0.15, 0.2) is 0 Å². The smallest absolute Gasteiger partial charge is 0.313 e. The molecule has 12 heavy (non-hydrogen) atoms. The van der Waals surface area contributed by atoms with E-state index in [2.05, 4.69) is 0 Å². The fourth-order valence-corrected chi connectivity index (χ4v) is 1.48. The average Bonchev–Trinajstić information content (AvgIpc) is 2.15. The Morgan fingerprint density at radius 3 is 2.58 bits per heavy atom. The van der Waals surface area contributed by atoms with Crippen molar-refractivity contribution in [3.05, 3.63) is 5.92 Å². The molecule has 0 amide bonds. The van der Waals surface area contributed by atoms with E-state index in [1.54, 1.807) is 0 Å². The molecular formula is C10H17O2. The Morgan fingerprint density at radius 2 is 2.00 bits per heavy atom. The number of hydrogen-bond acceptors (Lipinski definition) is 2. The molecule has 2 nitrogen and oxygen atoms in total. The van der Waals surface area contributed by atoms with Crippen molar-refractivity contribution in [1.82, 2.24) is 0 Å². The van der Waals surface area contributed by atoms with E-state index < -0.39 is 0 Å². The summed E-state index contributed by atoms with van der Waals surface area (Å²) in [7, 11) is 0. The molecule has 1 aliphatic rings. The topological polar surface area (TPSA) is 26.3 Å². The first-order valence-corrected chi connectivity index (χ1v) is 4.86. The number of carbonyl (C=O) groups is 1. The molecule has 1 radical (unpaired) electrons. The van der Waals surface area contributed by atoms with E-state index in [-0.39, 0.29) is 5.97 Å². The average molecular weight is 169 g/mol. The normalized spacial score (nSPS) is 19.1. The largest absolute Gasteiger partial charge is 0.465 e. The molecule has 0 atom stereocenters. The minimum absolute atomic E-state index is 0.0449. The zero-order valence-corrected chi connectivity index (χ0v) is 7.77.